The molecule has 3 aromatic rings. The summed E-state index contributed by atoms with van der Waals surface area (Å²) in [6, 6.07) is 9.54. The van der Waals surface area contributed by atoms with E-state index in [-0.39, 0.29) is 11.9 Å². The molecular formula is C27H27N3O3. The number of carbonyl (C=O) groups is 1. The zero-order valence-electron chi connectivity index (χ0n) is 19.4. The Labute approximate surface area is 193 Å². The molecule has 1 aliphatic carbocycles. The number of H-pyrrole nitrogens is 1. The Kier molecular flexibility index (Phi) is 4.96. The Morgan fingerprint density at radius 3 is 2.70 bits per heavy atom. The minimum Gasteiger partial charge on any atom is -0.487 e. The van der Waals surface area contributed by atoms with Crippen LogP contribution in [-0.4, -0.2) is 36.3 Å². The second kappa shape index (κ2) is 7.73. The number of aliphatic imine (C=N–C) groups is 2. The lowest BCUT2D eigenvalue weighted by Crippen LogP contribution is -2.30. The molecule has 33 heavy (non-hydrogen) atoms. The van der Waals surface area contributed by atoms with Crippen LogP contribution in [0, 0.1) is 0 Å². The number of hydrogen-bond donors (Lipinski definition) is 1. The van der Waals surface area contributed by atoms with E-state index in [0.717, 1.165) is 40.0 Å². The highest BCUT2D eigenvalue weighted by Gasteiger charge is 2.40. The van der Waals surface area contributed by atoms with Crippen LogP contribution in [-0.2, 0) is 5.41 Å². The number of benzene rings is 2. The van der Waals surface area contributed by atoms with Gasteiger partial charge in [0.05, 0.1) is 17.4 Å². The maximum absolute atomic E-state index is 13.8. The fourth-order valence-corrected chi connectivity index (χ4v) is 4.64. The average molecular weight is 442 g/mol. The van der Waals surface area contributed by atoms with Crippen molar-refractivity contribution >= 4 is 35.3 Å². The van der Waals surface area contributed by atoms with E-state index in [1.54, 1.807) is 6.21 Å². The van der Waals surface area contributed by atoms with E-state index in [1.165, 1.54) is 0 Å². The van der Waals surface area contributed by atoms with E-state index in [4.69, 9.17) is 9.47 Å². The maximum Gasteiger partial charge on any atom is 0.195 e. The third-order valence-corrected chi connectivity index (χ3v) is 6.28. The van der Waals surface area contributed by atoms with Gasteiger partial charge < -0.3 is 14.5 Å². The molecule has 1 N–H and O–H groups in total. The number of carbonyl (C=O) groups excluding carboxylic acids is 1. The van der Waals surface area contributed by atoms with Crippen molar-refractivity contribution in [3.05, 3.63) is 64.6 Å². The van der Waals surface area contributed by atoms with Gasteiger partial charge in [-0.2, -0.15) is 0 Å². The molecule has 0 atom stereocenters. The number of nitrogens with zero attached hydrogens (tertiary/aromatic N) is 2. The van der Waals surface area contributed by atoms with Crippen LogP contribution in [0.2, 0.25) is 0 Å². The van der Waals surface area contributed by atoms with Gasteiger partial charge in [0.2, 0.25) is 0 Å². The van der Waals surface area contributed by atoms with Crippen molar-refractivity contribution in [1.29, 1.82) is 0 Å². The summed E-state index contributed by atoms with van der Waals surface area (Å²) in [7, 11) is 0. The third-order valence-electron chi connectivity index (χ3n) is 6.28. The summed E-state index contributed by atoms with van der Waals surface area (Å²) < 4.78 is 12.4. The number of nitrogens with one attached hydrogen (secondary N) is 1. The van der Waals surface area contributed by atoms with Crippen LogP contribution in [0.3, 0.4) is 0 Å². The molecule has 5 rings (SSSR count). The molecule has 0 bridgehead atoms. The topological polar surface area (TPSA) is 76.0 Å². The molecule has 0 amide bonds. The maximum atomic E-state index is 13.8. The second-order valence-corrected chi connectivity index (χ2v) is 9.27. The summed E-state index contributed by atoms with van der Waals surface area (Å²) in [6.07, 6.45) is 4.30. The van der Waals surface area contributed by atoms with Crippen LogP contribution in [0.25, 0.3) is 10.9 Å². The summed E-state index contributed by atoms with van der Waals surface area (Å²) in [4.78, 5) is 25.5. The zero-order chi connectivity index (χ0) is 23.3. The summed E-state index contributed by atoms with van der Waals surface area (Å²) in [5.74, 6) is 1.99. The highest BCUT2D eigenvalue weighted by molar-refractivity contribution is 6.20. The minimum atomic E-state index is -0.448. The van der Waals surface area contributed by atoms with Gasteiger partial charge in [-0.1, -0.05) is 13.8 Å². The summed E-state index contributed by atoms with van der Waals surface area (Å²) in [5, 5.41) is 0.888. The van der Waals surface area contributed by atoms with Crippen LogP contribution in [0.5, 0.6) is 11.5 Å². The largest absolute Gasteiger partial charge is 0.487 e. The van der Waals surface area contributed by atoms with Crippen molar-refractivity contribution in [3.63, 3.8) is 0 Å². The lowest BCUT2D eigenvalue weighted by Gasteiger charge is -2.33. The molecule has 1 aromatic heterocycles. The third kappa shape index (κ3) is 3.46. The molecular weight excluding hydrogens is 414 g/mol. The van der Waals surface area contributed by atoms with Gasteiger partial charge in [0.15, 0.2) is 17.3 Å². The molecule has 0 spiro atoms. The Bertz CT molecular complexity index is 1360. The second-order valence-electron chi connectivity index (χ2n) is 9.27. The molecule has 0 radical (unpaired) electrons. The summed E-state index contributed by atoms with van der Waals surface area (Å²) in [6.45, 7) is 12.5. The van der Waals surface area contributed by atoms with Crippen LogP contribution >= 0.6 is 0 Å². The summed E-state index contributed by atoms with van der Waals surface area (Å²) in [5.41, 5.74) is 4.33. The van der Waals surface area contributed by atoms with Gasteiger partial charge in [-0.05, 0) is 62.5 Å². The molecule has 168 valence electrons. The lowest BCUT2D eigenvalue weighted by atomic mass is 9.71. The number of ether oxygens (including phenoxy) is 2. The van der Waals surface area contributed by atoms with Gasteiger partial charge in [-0.3, -0.25) is 14.8 Å². The molecule has 2 heterocycles. The predicted octanol–water partition coefficient (Wildman–Crippen LogP) is 5.89. The molecule has 6 nitrogen and oxygen atoms in total. The fourth-order valence-electron chi connectivity index (χ4n) is 4.64. The number of allylic oxidation sites excluding steroid dienone is 1. The molecule has 0 unspecified atom stereocenters. The normalized spacial score (nSPS) is 16.4. The predicted molar refractivity (Wildman–Crippen MR) is 132 cm³/mol. The first-order valence-electron chi connectivity index (χ1n) is 11.2. The van der Waals surface area contributed by atoms with E-state index in [2.05, 4.69) is 35.5 Å². The zero-order valence-corrected chi connectivity index (χ0v) is 19.4. The van der Waals surface area contributed by atoms with Crippen molar-refractivity contribution in [2.45, 2.75) is 45.6 Å². The monoisotopic (exact) mass is 441 g/mol. The summed E-state index contributed by atoms with van der Waals surface area (Å²) >= 11 is 0. The van der Waals surface area contributed by atoms with E-state index in [9.17, 15) is 4.79 Å². The number of hydrogen-bond acceptors (Lipinski definition) is 5. The van der Waals surface area contributed by atoms with Gasteiger partial charge in [0.1, 0.15) is 5.76 Å². The number of ketones is 1. The standard InChI is InChI=1S/C27H27N3O3/c1-15(2)32-22-13-19-20(14-23(22)33-17-8-10-29-11-9-17)27(3,4)26-24(25(19)31)18-7-6-16(28-5)12-21(18)30-26/h6-8,10,12-15,30H,5,9,11H2,1-4H3. The average Bonchev–Trinajstić information content (AvgIpc) is 3.19. The molecule has 2 aliphatic rings. The minimum absolute atomic E-state index is 0.0194. The van der Waals surface area contributed by atoms with Crippen LogP contribution in [0.1, 0.15) is 61.3 Å². The van der Waals surface area contributed by atoms with E-state index < -0.39 is 5.41 Å². The van der Waals surface area contributed by atoms with Gasteiger partial charge in [0, 0.05) is 46.8 Å². The first-order valence-corrected chi connectivity index (χ1v) is 11.2. The quantitative estimate of drug-likeness (QED) is 0.501. The van der Waals surface area contributed by atoms with E-state index in [1.807, 2.05) is 50.3 Å². The number of aromatic amines is 1. The Hall–Kier alpha value is -3.67. The van der Waals surface area contributed by atoms with Gasteiger partial charge in [-0.15, -0.1) is 0 Å². The SMILES string of the molecule is C=Nc1ccc2c3c([nH]c2c1)C(C)(C)c1cc(OC2=CC=NCC2)c(OC(C)C)cc1C3=O. The van der Waals surface area contributed by atoms with Gasteiger partial charge >= 0.3 is 0 Å². The fraction of sp³-hybridized carbons (Fsp3) is 0.296. The first kappa shape index (κ1) is 21.2. The van der Waals surface area contributed by atoms with Crippen LogP contribution in [0.15, 0.2) is 52.2 Å². The smallest absolute Gasteiger partial charge is 0.195 e. The lowest BCUT2D eigenvalue weighted by molar-refractivity contribution is 0.103. The van der Waals surface area contributed by atoms with E-state index >= 15 is 0 Å². The Morgan fingerprint density at radius 1 is 1.18 bits per heavy atom. The first-order chi connectivity index (χ1) is 15.8. The molecule has 2 aromatic carbocycles. The molecule has 0 saturated heterocycles. The van der Waals surface area contributed by atoms with Crippen molar-refractivity contribution < 1.29 is 14.3 Å². The molecule has 1 aliphatic heterocycles. The van der Waals surface area contributed by atoms with Crippen LogP contribution < -0.4 is 9.47 Å². The Morgan fingerprint density at radius 2 is 2.00 bits per heavy atom. The molecule has 6 heteroatoms. The highest BCUT2D eigenvalue weighted by atomic mass is 16.5. The number of aromatic nitrogens is 1. The van der Waals surface area contributed by atoms with Crippen molar-refractivity contribution in [2.24, 2.45) is 9.98 Å². The van der Waals surface area contributed by atoms with Crippen molar-refractivity contribution in [1.82, 2.24) is 4.98 Å². The van der Waals surface area contributed by atoms with Gasteiger partial charge in [-0.25, -0.2) is 0 Å². The number of fused-ring (bicyclic) bond motifs is 4. The highest BCUT2D eigenvalue weighted by Crippen LogP contribution is 2.47. The molecule has 0 fully saturated rings. The van der Waals surface area contributed by atoms with E-state index in [0.29, 0.717) is 29.2 Å². The Balaban J connectivity index is 1.70. The van der Waals surface area contributed by atoms with Crippen molar-refractivity contribution in [2.75, 3.05) is 6.54 Å². The van der Waals surface area contributed by atoms with Gasteiger partial charge in [0.25, 0.3) is 0 Å². The molecule has 0 saturated carbocycles. The number of rotatable bonds is 5. The van der Waals surface area contributed by atoms with Crippen molar-refractivity contribution in [3.8, 4) is 11.5 Å². The number of dihydropyridines is 1. The van der Waals surface area contributed by atoms with Crippen LogP contribution in [0.4, 0.5) is 5.69 Å².